The van der Waals surface area contributed by atoms with Crippen LogP contribution in [0.2, 0.25) is 5.02 Å². The van der Waals surface area contributed by atoms with Gasteiger partial charge < -0.3 is 14.4 Å². The molecule has 2 heterocycles. The van der Waals surface area contributed by atoms with Gasteiger partial charge in [0, 0.05) is 35.1 Å². The predicted molar refractivity (Wildman–Crippen MR) is 128 cm³/mol. The zero-order valence-electron chi connectivity index (χ0n) is 16.8. The predicted octanol–water partition coefficient (Wildman–Crippen LogP) is 6.81. The minimum Gasteiger partial charge on any atom is -0.492 e. The molecule has 5 nitrogen and oxygen atoms in total. The number of piperidine rings is 1. The second kappa shape index (κ2) is 9.56. The van der Waals surface area contributed by atoms with Gasteiger partial charge in [-0.15, -0.1) is 0 Å². The highest BCUT2D eigenvalue weighted by Crippen LogP contribution is 2.35. The largest absolute Gasteiger partial charge is 0.492 e. The number of hydrogen-bond donors (Lipinski definition) is 0. The van der Waals surface area contributed by atoms with Crippen LogP contribution in [0.25, 0.3) is 10.9 Å². The average Bonchev–Trinajstić information content (AvgIpc) is 2.64. The molecule has 0 bridgehead atoms. The highest BCUT2D eigenvalue weighted by molar-refractivity contribution is 14.1. The summed E-state index contributed by atoms with van der Waals surface area (Å²) in [6.07, 6.45) is 5.41. The van der Waals surface area contributed by atoms with Crippen LogP contribution < -0.4 is 4.74 Å². The van der Waals surface area contributed by atoms with Crippen LogP contribution in [0.5, 0.6) is 5.75 Å². The van der Waals surface area contributed by atoms with Crippen molar-refractivity contribution in [2.24, 2.45) is 0 Å². The fourth-order valence-electron chi connectivity index (χ4n) is 3.44. The molecular weight excluding hydrogens is 571 g/mol. The maximum atomic E-state index is 12.6. The molecule has 1 atom stereocenters. The van der Waals surface area contributed by atoms with E-state index < -0.39 is 5.60 Å². The number of rotatable bonds is 4. The molecule has 29 heavy (non-hydrogen) atoms. The molecule has 0 aliphatic carbocycles. The second-order valence-corrected chi connectivity index (χ2v) is 10.6. The molecule has 1 aromatic heterocycles. The van der Waals surface area contributed by atoms with Gasteiger partial charge in [0.15, 0.2) is 0 Å². The van der Waals surface area contributed by atoms with Gasteiger partial charge in [0.1, 0.15) is 11.4 Å². The highest BCUT2D eigenvalue weighted by Gasteiger charge is 2.30. The third-order valence-corrected chi connectivity index (χ3v) is 6.74. The second-order valence-electron chi connectivity index (χ2n) is 8.18. The van der Waals surface area contributed by atoms with E-state index in [1.807, 2.05) is 37.8 Å². The summed E-state index contributed by atoms with van der Waals surface area (Å²) in [4.78, 5) is 18.9. The highest BCUT2D eigenvalue weighted by atomic mass is 127. The molecule has 0 N–H and O–H groups in total. The van der Waals surface area contributed by atoms with Gasteiger partial charge in [-0.1, -0.05) is 11.6 Å². The number of benzene rings is 1. The van der Waals surface area contributed by atoms with Gasteiger partial charge in [-0.3, -0.25) is 4.98 Å². The van der Waals surface area contributed by atoms with Crippen LogP contribution in [-0.4, -0.2) is 40.8 Å². The Balaban J connectivity index is 1.70. The topological polar surface area (TPSA) is 51.7 Å². The Bertz CT molecular complexity index is 904. The van der Waals surface area contributed by atoms with Crippen molar-refractivity contribution in [1.82, 2.24) is 9.88 Å². The fourth-order valence-corrected chi connectivity index (χ4v) is 4.53. The van der Waals surface area contributed by atoms with Gasteiger partial charge in [0.2, 0.25) is 0 Å². The van der Waals surface area contributed by atoms with Crippen LogP contribution >= 0.6 is 50.1 Å². The lowest BCUT2D eigenvalue weighted by atomic mass is 10.0. The van der Waals surface area contributed by atoms with E-state index in [0.29, 0.717) is 11.6 Å². The lowest BCUT2D eigenvalue weighted by Gasteiger charge is -2.36. The molecule has 2 aromatic rings. The van der Waals surface area contributed by atoms with Gasteiger partial charge in [0.05, 0.1) is 20.7 Å². The zero-order valence-corrected chi connectivity index (χ0v) is 21.3. The van der Waals surface area contributed by atoms with E-state index in [0.717, 1.165) is 56.9 Å². The summed E-state index contributed by atoms with van der Waals surface area (Å²) in [5.74, 6) is 0.799. The quantitative estimate of drug-likeness (QED) is 0.365. The standard InChI is InChI=1S/C21H25BrClIN2O3/c1-21(2,3)29-20(27)26-8-5-4-6-13(26)7-9-28-19-14-10-15(22)16(23)11-18(14)25-12-17(19)24/h10-13H,4-9H2,1-3H3/t13-/m1/s1. The van der Waals surface area contributed by atoms with Crippen molar-refractivity contribution in [1.29, 1.82) is 0 Å². The Morgan fingerprint density at radius 3 is 2.86 bits per heavy atom. The molecular formula is C21H25BrClIN2O3. The third-order valence-electron chi connectivity index (χ3n) is 4.77. The van der Waals surface area contributed by atoms with Gasteiger partial charge in [-0.05, 0) is 90.7 Å². The molecule has 0 spiro atoms. The summed E-state index contributed by atoms with van der Waals surface area (Å²) in [7, 11) is 0. The van der Waals surface area contributed by atoms with Crippen LogP contribution in [0.1, 0.15) is 46.5 Å². The summed E-state index contributed by atoms with van der Waals surface area (Å²) >= 11 is 11.9. The minimum absolute atomic E-state index is 0.130. The normalized spacial score (nSPS) is 17.4. The van der Waals surface area contributed by atoms with E-state index in [1.54, 1.807) is 6.20 Å². The summed E-state index contributed by atoms with van der Waals surface area (Å²) in [5, 5.41) is 1.54. The molecule has 0 radical (unpaired) electrons. The molecule has 0 unspecified atom stereocenters. The van der Waals surface area contributed by atoms with Crippen molar-refractivity contribution in [2.45, 2.75) is 58.1 Å². The third kappa shape index (κ3) is 5.88. The Kier molecular flexibility index (Phi) is 7.54. The lowest BCUT2D eigenvalue weighted by molar-refractivity contribution is 0.00744. The van der Waals surface area contributed by atoms with Gasteiger partial charge in [-0.2, -0.15) is 0 Å². The van der Waals surface area contributed by atoms with Crippen LogP contribution in [0.4, 0.5) is 4.79 Å². The Labute approximate surface area is 198 Å². The van der Waals surface area contributed by atoms with E-state index in [2.05, 4.69) is 43.5 Å². The van der Waals surface area contributed by atoms with Gasteiger partial charge >= 0.3 is 6.09 Å². The maximum Gasteiger partial charge on any atom is 0.410 e. The van der Waals surface area contributed by atoms with E-state index in [4.69, 9.17) is 21.1 Å². The van der Waals surface area contributed by atoms with Crippen molar-refractivity contribution in [3.63, 3.8) is 0 Å². The molecule has 158 valence electrons. The summed E-state index contributed by atoms with van der Waals surface area (Å²) in [6, 6.07) is 3.90. The molecule has 1 aliphatic rings. The number of amides is 1. The molecule has 0 saturated carbocycles. The first-order valence-corrected chi connectivity index (χ1v) is 12.0. The van der Waals surface area contributed by atoms with E-state index in [1.165, 1.54) is 0 Å². The zero-order chi connectivity index (χ0) is 21.2. The summed E-state index contributed by atoms with van der Waals surface area (Å²) < 4.78 is 13.5. The van der Waals surface area contributed by atoms with Crippen molar-refractivity contribution < 1.29 is 14.3 Å². The average molecular weight is 596 g/mol. The number of pyridine rings is 1. The molecule has 8 heteroatoms. The van der Waals surface area contributed by atoms with Gasteiger partial charge in [0.25, 0.3) is 0 Å². The first-order chi connectivity index (χ1) is 13.7. The number of ether oxygens (including phenoxy) is 2. The van der Waals surface area contributed by atoms with Crippen molar-refractivity contribution in [2.75, 3.05) is 13.2 Å². The summed E-state index contributed by atoms with van der Waals surface area (Å²) in [5.41, 5.74) is 0.303. The number of carbonyl (C=O) groups is 1. The van der Waals surface area contributed by atoms with Crippen LogP contribution in [0, 0.1) is 3.57 Å². The number of hydrogen-bond acceptors (Lipinski definition) is 4. The molecule has 1 amide bonds. The molecule has 1 saturated heterocycles. The van der Waals surface area contributed by atoms with Crippen molar-refractivity contribution in [3.05, 3.63) is 31.4 Å². The first-order valence-electron chi connectivity index (χ1n) is 9.71. The van der Waals surface area contributed by atoms with Crippen molar-refractivity contribution in [3.8, 4) is 5.75 Å². The van der Waals surface area contributed by atoms with Crippen LogP contribution in [0.3, 0.4) is 0 Å². The van der Waals surface area contributed by atoms with E-state index >= 15 is 0 Å². The Hall–Kier alpha value is -0.800. The Morgan fingerprint density at radius 2 is 2.14 bits per heavy atom. The number of halogens is 3. The maximum absolute atomic E-state index is 12.6. The summed E-state index contributed by atoms with van der Waals surface area (Å²) in [6.45, 7) is 6.94. The molecule has 1 fully saturated rings. The number of carbonyl (C=O) groups excluding carboxylic acids is 1. The number of nitrogens with zero attached hydrogens (tertiary/aromatic N) is 2. The fraction of sp³-hybridized carbons (Fsp3) is 0.524. The SMILES string of the molecule is CC(C)(C)OC(=O)N1CCCC[C@@H]1CCOc1c(I)cnc2cc(Cl)c(Br)cc12. The van der Waals surface area contributed by atoms with E-state index in [9.17, 15) is 4.79 Å². The molecule has 1 aliphatic heterocycles. The van der Waals surface area contributed by atoms with Crippen molar-refractivity contribution >= 4 is 67.1 Å². The number of likely N-dealkylation sites (tertiary alicyclic amines) is 1. The minimum atomic E-state index is -0.490. The first kappa shape index (κ1) is 22.9. The Morgan fingerprint density at radius 1 is 1.38 bits per heavy atom. The molecule has 1 aromatic carbocycles. The number of fused-ring (bicyclic) bond motifs is 1. The van der Waals surface area contributed by atoms with Gasteiger partial charge in [-0.25, -0.2) is 4.79 Å². The monoisotopic (exact) mass is 594 g/mol. The molecule has 3 rings (SSSR count). The number of aromatic nitrogens is 1. The van der Waals surface area contributed by atoms with Crippen LogP contribution in [-0.2, 0) is 4.74 Å². The van der Waals surface area contributed by atoms with E-state index in [-0.39, 0.29) is 12.1 Å². The van der Waals surface area contributed by atoms with Crippen LogP contribution in [0.15, 0.2) is 22.8 Å². The lowest BCUT2D eigenvalue weighted by Crippen LogP contribution is -2.46. The smallest absolute Gasteiger partial charge is 0.410 e.